The molecule has 9 heteroatoms. The molecule has 168 valence electrons. The van der Waals surface area contributed by atoms with E-state index < -0.39 is 10.0 Å². The van der Waals surface area contributed by atoms with Gasteiger partial charge in [-0.25, -0.2) is 18.5 Å². The van der Waals surface area contributed by atoms with Gasteiger partial charge >= 0.3 is 0 Å². The number of hydrogen-bond acceptors (Lipinski definition) is 5. The third-order valence-electron chi connectivity index (χ3n) is 4.89. The Morgan fingerprint density at radius 2 is 1.67 bits per heavy atom. The number of anilines is 1. The molecule has 0 unspecified atom stereocenters. The van der Waals surface area contributed by atoms with E-state index in [0.29, 0.717) is 10.8 Å². The smallest absolute Gasteiger partial charge is 0.238 e. The number of nitrogens with two attached hydrogens (primary N) is 1. The van der Waals surface area contributed by atoms with E-state index in [1.807, 2.05) is 66.1 Å². The first-order valence-corrected chi connectivity index (χ1v) is 12.6. The van der Waals surface area contributed by atoms with Crippen LogP contribution in [0.5, 0.6) is 0 Å². The molecule has 1 aromatic heterocycles. The van der Waals surface area contributed by atoms with Crippen molar-refractivity contribution in [3.05, 3.63) is 90.6 Å². The highest BCUT2D eigenvalue weighted by molar-refractivity contribution is 7.99. The Morgan fingerprint density at radius 3 is 2.30 bits per heavy atom. The van der Waals surface area contributed by atoms with Crippen molar-refractivity contribution in [3.8, 4) is 16.9 Å². The number of aromatic nitrogens is 2. The fourth-order valence-electron chi connectivity index (χ4n) is 3.25. The van der Waals surface area contributed by atoms with Gasteiger partial charge in [-0.2, -0.15) is 0 Å². The van der Waals surface area contributed by atoms with Gasteiger partial charge in [0.05, 0.1) is 22.5 Å². The van der Waals surface area contributed by atoms with E-state index in [9.17, 15) is 13.2 Å². The third-order valence-corrected chi connectivity index (χ3v) is 6.77. The minimum atomic E-state index is -3.78. The Morgan fingerprint density at radius 1 is 1.00 bits per heavy atom. The van der Waals surface area contributed by atoms with Gasteiger partial charge in [0.15, 0.2) is 5.16 Å². The number of primary sulfonamides is 1. The summed E-state index contributed by atoms with van der Waals surface area (Å²) in [7, 11) is -3.78. The zero-order chi connectivity index (χ0) is 23.4. The van der Waals surface area contributed by atoms with E-state index in [2.05, 4.69) is 10.3 Å². The second-order valence-corrected chi connectivity index (χ2v) is 9.87. The predicted octanol–water partition coefficient (Wildman–Crippen LogP) is 4.23. The van der Waals surface area contributed by atoms with Gasteiger partial charge in [-0.15, -0.1) is 0 Å². The molecule has 0 fully saturated rings. The van der Waals surface area contributed by atoms with E-state index in [1.54, 1.807) is 6.20 Å². The van der Waals surface area contributed by atoms with Gasteiger partial charge in [0, 0.05) is 16.9 Å². The number of rotatable bonds is 7. The van der Waals surface area contributed by atoms with Crippen molar-refractivity contribution >= 4 is 33.4 Å². The summed E-state index contributed by atoms with van der Waals surface area (Å²) in [6, 6.07) is 23.8. The average Bonchev–Trinajstić information content (AvgIpc) is 3.22. The Labute approximate surface area is 196 Å². The van der Waals surface area contributed by atoms with Gasteiger partial charge in [0.1, 0.15) is 0 Å². The lowest BCUT2D eigenvalue weighted by Crippen LogP contribution is -2.15. The Kier molecular flexibility index (Phi) is 6.64. The maximum atomic E-state index is 12.5. The van der Waals surface area contributed by atoms with Gasteiger partial charge in [0.2, 0.25) is 15.9 Å². The quantitative estimate of drug-likeness (QED) is 0.387. The second kappa shape index (κ2) is 9.62. The number of benzene rings is 3. The summed E-state index contributed by atoms with van der Waals surface area (Å²) >= 11 is 1.32. The Hall–Kier alpha value is -3.40. The van der Waals surface area contributed by atoms with Crippen molar-refractivity contribution < 1.29 is 13.2 Å². The van der Waals surface area contributed by atoms with Gasteiger partial charge in [-0.3, -0.25) is 9.36 Å². The molecule has 0 saturated carbocycles. The molecule has 1 heterocycles. The molecule has 0 aliphatic rings. The summed E-state index contributed by atoms with van der Waals surface area (Å²) in [5, 5.41) is 8.56. The first-order valence-electron chi connectivity index (χ1n) is 10.1. The summed E-state index contributed by atoms with van der Waals surface area (Å²) in [4.78, 5) is 17.1. The van der Waals surface area contributed by atoms with Crippen molar-refractivity contribution in [2.45, 2.75) is 17.0 Å². The molecule has 0 atom stereocenters. The monoisotopic (exact) mass is 478 g/mol. The molecule has 0 saturated heterocycles. The van der Waals surface area contributed by atoms with Crippen molar-refractivity contribution in [2.24, 2.45) is 5.14 Å². The summed E-state index contributed by atoms with van der Waals surface area (Å²) in [5.74, 6) is -0.100. The van der Waals surface area contributed by atoms with Crippen LogP contribution in [0.1, 0.15) is 5.56 Å². The molecule has 33 heavy (non-hydrogen) atoms. The number of carbonyl (C=O) groups excluding carboxylic acids is 1. The molecule has 0 aliphatic carbocycles. The van der Waals surface area contributed by atoms with Crippen molar-refractivity contribution in [1.82, 2.24) is 9.55 Å². The van der Waals surface area contributed by atoms with Crippen LogP contribution in [0.4, 0.5) is 5.69 Å². The third kappa shape index (κ3) is 5.51. The van der Waals surface area contributed by atoms with E-state index >= 15 is 0 Å². The molecule has 0 radical (unpaired) electrons. The average molecular weight is 479 g/mol. The second-order valence-electron chi connectivity index (χ2n) is 7.37. The standard InChI is InChI=1S/C24H22N4O3S2/c1-17-7-11-20(12-8-17)28-22(18-5-3-2-4-6-18)15-26-24(28)32-16-23(29)27-19-9-13-21(14-10-19)33(25,30)31/h2-15H,16H2,1H3,(H,27,29)(H2,25,30,31). The lowest BCUT2D eigenvalue weighted by molar-refractivity contribution is -0.113. The highest BCUT2D eigenvalue weighted by Crippen LogP contribution is 2.30. The molecule has 0 aliphatic heterocycles. The minimum absolute atomic E-state index is 0.0107. The molecule has 3 N–H and O–H groups in total. The van der Waals surface area contributed by atoms with Crippen LogP contribution in [0.2, 0.25) is 0 Å². The number of imidazole rings is 1. The van der Waals surface area contributed by atoms with Crippen molar-refractivity contribution in [2.75, 3.05) is 11.1 Å². The van der Waals surface area contributed by atoms with Crippen LogP contribution in [0.3, 0.4) is 0 Å². The molecule has 4 rings (SSSR count). The maximum Gasteiger partial charge on any atom is 0.238 e. The van der Waals surface area contributed by atoms with Crippen LogP contribution in [0.15, 0.2) is 95.1 Å². The number of sulfonamides is 1. The topological polar surface area (TPSA) is 107 Å². The van der Waals surface area contributed by atoms with Gasteiger partial charge in [0.25, 0.3) is 0 Å². The minimum Gasteiger partial charge on any atom is -0.325 e. The van der Waals surface area contributed by atoms with Crippen molar-refractivity contribution in [1.29, 1.82) is 0 Å². The SMILES string of the molecule is Cc1ccc(-n2c(-c3ccccc3)cnc2SCC(=O)Nc2ccc(S(N)(=O)=O)cc2)cc1. The summed E-state index contributed by atoms with van der Waals surface area (Å²) in [6.07, 6.45) is 1.81. The molecule has 1 amide bonds. The number of hydrogen-bond donors (Lipinski definition) is 2. The highest BCUT2D eigenvalue weighted by atomic mass is 32.2. The maximum absolute atomic E-state index is 12.5. The van der Waals surface area contributed by atoms with Crippen molar-refractivity contribution in [3.63, 3.8) is 0 Å². The molecule has 0 bridgehead atoms. The van der Waals surface area contributed by atoms with Crippen LogP contribution in [-0.2, 0) is 14.8 Å². The summed E-state index contributed by atoms with van der Waals surface area (Å²) in [5.41, 5.74) is 4.55. The number of thioether (sulfide) groups is 1. The fourth-order valence-corrected chi connectivity index (χ4v) is 4.56. The van der Waals surface area contributed by atoms with E-state index in [0.717, 1.165) is 22.5 Å². The van der Waals surface area contributed by atoms with Crippen LogP contribution in [-0.4, -0.2) is 29.6 Å². The van der Waals surface area contributed by atoms with Crippen LogP contribution in [0, 0.1) is 6.92 Å². The van der Waals surface area contributed by atoms with E-state index in [-0.39, 0.29) is 16.6 Å². The highest BCUT2D eigenvalue weighted by Gasteiger charge is 2.16. The van der Waals surface area contributed by atoms with E-state index in [1.165, 1.54) is 36.0 Å². The number of nitrogens with one attached hydrogen (secondary N) is 1. The van der Waals surface area contributed by atoms with Gasteiger partial charge in [-0.1, -0.05) is 59.8 Å². The Bertz CT molecular complexity index is 1370. The number of carbonyl (C=O) groups is 1. The number of nitrogens with zero attached hydrogens (tertiary/aromatic N) is 2. The molecule has 4 aromatic rings. The zero-order valence-corrected chi connectivity index (χ0v) is 19.4. The van der Waals surface area contributed by atoms with Crippen LogP contribution < -0.4 is 10.5 Å². The zero-order valence-electron chi connectivity index (χ0n) is 17.8. The van der Waals surface area contributed by atoms with Crippen LogP contribution in [0.25, 0.3) is 16.9 Å². The molecular weight excluding hydrogens is 456 g/mol. The first kappa shape index (κ1) is 22.8. The number of amides is 1. The summed E-state index contributed by atoms with van der Waals surface area (Å²) < 4.78 is 24.8. The summed E-state index contributed by atoms with van der Waals surface area (Å²) in [6.45, 7) is 2.03. The normalized spacial score (nSPS) is 11.3. The molecule has 3 aromatic carbocycles. The van der Waals surface area contributed by atoms with Gasteiger partial charge in [-0.05, 0) is 43.3 Å². The predicted molar refractivity (Wildman–Crippen MR) is 131 cm³/mol. The Balaban J connectivity index is 1.54. The number of aryl methyl sites for hydroxylation is 1. The largest absolute Gasteiger partial charge is 0.325 e. The lowest BCUT2D eigenvalue weighted by atomic mass is 10.1. The van der Waals surface area contributed by atoms with E-state index in [4.69, 9.17) is 5.14 Å². The molecule has 7 nitrogen and oxygen atoms in total. The molecular formula is C24H22N4O3S2. The van der Waals surface area contributed by atoms with Gasteiger partial charge < -0.3 is 5.32 Å². The molecule has 0 spiro atoms. The fraction of sp³-hybridized carbons (Fsp3) is 0.0833. The first-order chi connectivity index (χ1) is 15.8. The van der Waals surface area contributed by atoms with Crippen LogP contribution >= 0.6 is 11.8 Å². The lowest BCUT2D eigenvalue weighted by Gasteiger charge is -2.12.